The number of hydrogen-bond acceptors (Lipinski definition) is 6. The largest absolute Gasteiger partial charge is 0.325 e. The van der Waals surface area contributed by atoms with E-state index >= 15 is 0 Å². The van der Waals surface area contributed by atoms with Crippen molar-refractivity contribution < 1.29 is 9.59 Å². The smallest absolute Gasteiger partial charge is 0.234 e. The molecule has 156 valence electrons. The van der Waals surface area contributed by atoms with Crippen molar-refractivity contribution in [3.05, 3.63) is 59.9 Å². The number of carbonyl (C=O) groups is 2. The normalized spacial score (nSPS) is 10.6. The van der Waals surface area contributed by atoms with Gasteiger partial charge in [-0.3, -0.25) is 9.59 Å². The molecule has 0 radical (unpaired) electrons. The first-order chi connectivity index (χ1) is 14.5. The molecule has 0 aliphatic heterocycles. The number of nitrogens with one attached hydrogen (secondary N) is 2. The van der Waals surface area contributed by atoms with Gasteiger partial charge >= 0.3 is 0 Å². The van der Waals surface area contributed by atoms with Crippen LogP contribution in [0.4, 0.5) is 11.4 Å². The van der Waals surface area contributed by atoms with Crippen molar-refractivity contribution >= 4 is 46.7 Å². The quantitative estimate of drug-likeness (QED) is 0.518. The highest BCUT2D eigenvalue weighted by Gasteiger charge is 2.15. The number of carbonyl (C=O) groups excluding carboxylic acids is 2. The van der Waals surface area contributed by atoms with E-state index in [1.54, 1.807) is 23.4 Å². The van der Waals surface area contributed by atoms with E-state index in [9.17, 15) is 9.59 Å². The molecule has 0 spiro atoms. The summed E-state index contributed by atoms with van der Waals surface area (Å²) in [6.45, 7) is 1.94. The Bertz CT molecular complexity index is 1050. The molecule has 2 amide bonds. The third-order valence-corrected chi connectivity index (χ3v) is 6.09. The summed E-state index contributed by atoms with van der Waals surface area (Å²) in [5.41, 5.74) is 2.54. The number of hydrogen-bond donors (Lipinski definition) is 2. The van der Waals surface area contributed by atoms with Crippen LogP contribution in [-0.4, -0.2) is 38.6 Å². The van der Waals surface area contributed by atoms with Gasteiger partial charge in [-0.05, 0) is 43.0 Å². The first-order valence-corrected chi connectivity index (χ1v) is 11.5. The molecule has 2 N–H and O–H groups in total. The maximum atomic E-state index is 12.4. The lowest BCUT2D eigenvalue weighted by atomic mass is 10.2. The van der Waals surface area contributed by atoms with Gasteiger partial charge in [-0.25, -0.2) is 0 Å². The van der Waals surface area contributed by atoms with Crippen LogP contribution in [0.5, 0.6) is 0 Å². The number of para-hydroxylation sites is 1. The third kappa shape index (κ3) is 5.87. The van der Waals surface area contributed by atoms with Crippen molar-refractivity contribution in [3.8, 4) is 0 Å². The zero-order valence-corrected chi connectivity index (χ0v) is 18.6. The Morgan fingerprint density at radius 1 is 1.03 bits per heavy atom. The SMILES string of the molecule is CSc1cccc(NC(=O)CSc2nnc(CC(=O)Nc3ccccc3C)n2C)c1. The molecular formula is C21H23N5O2S2. The van der Waals surface area contributed by atoms with Crippen LogP contribution >= 0.6 is 23.5 Å². The third-order valence-electron chi connectivity index (χ3n) is 4.35. The Kier molecular flexibility index (Phi) is 7.53. The molecule has 7 nitrogen and oxygen atoms in total. The van der Waals surface area contributed by atoms with Crippen LogP contribution in [0.2, 0.25) is 0 Å². The number of benzene rings is 2. The van der Waals surface area contributed by atoms with E-state index in [2.05, 4.69) is 20.8 Å². The van der Waals surface area contributed by atoms with Crippen LogP contribution < -0.4 is 10.6 Å². The molecule has 0 saturated carbocycles. The number of thioether (sulfide) groups is 2. The average Bonchev–Trinajstić information content (AvgIpc) is 3.07. The Hall–Kier alpha value is -2.78. The number of aromatic nitrogens is 3. The van der Waals surface area contributed by atoms with E-state index in [1.165, 1.54) is 11.8 Å². The van der Waals surface area contributed by atoms with Crippen molar-refractivity contribution in [2.24, 2.45) is 7.05 Å². The molecule has 0 atom stereocenters. The van der Waals surface area contributed by atoms with E-state index in [-0.39, 0.29) is 24.0 Å². The summed E-state index contributed by atoms with van der Waals surface area (Å²) in [6, 6.07) is 15.3. The fraction of sp³-hybridized carbons (Fsp3) is 0.238. The predicted molar refractivity (Wildman–Crippen MR) is 122 cm³/mol. The first-order valence-electron chi connectivity index (χ1n) is 9.26. The van der Waals surface area contributed by atoms with Gasteiger partial charge in [0.15, 0.2) is 5.16 Å². The van der Waals surface area contributed by atoms with Crippen LogP contribution in [0.3, 0.4) is 0 Å². The number of amides is 2. The molecule has 1 heterocycles. The molecule has 2 aromatic carbocycles. The first kappa shape index (κ1) is 21.9. The zero-order valence-electron chi connectivity index (χ0n) is 17.0. The topological polar surface area (TPSA) is 88.9 Å². The Morgan fingerprint density at radius 3 is 2.60 bits per heavy atom. The summed E-state index contributed by atoms with van der Waals surface area (Å²) in [5, 5.41) is 14.6. The maximum Gasteiger partial charge on any atom is 0.234 e. The highest BCUT2D eigenvalue weighted by Crippen LogP contribution is 2.20. The summed E-state index contributed by atoms with van der Waals surface area (Å²) in [4.78, 5) is 25.7. The van der Waals surface area contributed by atoms with Gasteiger partial charge in [0.05, 0.1) is 12.2 Å². The average molecular weight is 442 g/mol. The minimum atomic E-state index is -0.164. The molecule has 0 bridgehead atoms. The minimum Gasteiger partial charge on any atom is -0.325 e. The van der Waals surface area contributed by atoms with Crippen molar-refractivity contribution in [2.45, 2.75) is 23.4 Å². The van der Waals surface area contributed by atoms with Gasteiger partial charge in [-0.15, -0.1) is 22.0 Å². The van der Waals surface area contributed by atoms with Gasteiger partial charge in [-0.2, -0.15) is 0 Å². The summed E-state index contributed by atoms with van der Waals surface area (Å²) in [6.07, 6.45) is 2.09. The molecule has 9 heteroatoms. The highest BCUT2D eigenvalue weighted by molar-refractivity contribution is 7.99. The number of rotatable bonds is 8. The maximum absolute atomic E-state index is 12.4. The Balaban J connectivity index is 1.54. The number of anilines is 2. The van der Waals surface area contributed by atoms with Crippen LogP contribution in [0, 0.1) is 6.92 Å². The van der Waals surface area contributed by atoms with E-state index < -0.39 is 0 Å². The van der Waals surface area contributed by atoms with Gasteiger partial charge in [0.2, 0.25) is 11.8 Å². The molecule has 3 aromatic rings. The summed E-state index contributed by atoms with van der Waals surface area (Å²) < 4.78 is 1.74. The molecule has 0 aliphatic rings. The van der Waals surface area contributed by atoms with Crippen LogP contribution in [-0.2, 0) is 23.1 Å². The standard InChI is InChI=1S/C21H23N5O2S2/c1-14-7-4-5-10-17(14)23-19(27)12-18-24-25-21(26(18)2)30-13-20(28)22-15-8-6-9-16(11-15)29-3/h4-11H,12-13H2,1-3H3,(H,22,28)(H,23,27). The lowest BCUT2D eigenvalue weighted by Crippen LogP contribution is -2.17. The van der Waals surface area contributed by atoms with Crippen molar-refractivity contribution in [3.63, 3.8) is 0 Å². The lowest BCUT2D eigenvalue weighted by molar-refractivity contribution is -0.116. The molecule has 0 unspecified atom stereocenters. The molecule has 0 saturated heterocycles. The van der Waals surface area contributed by atoms with Gasteiger partial charge in [0, 0.05) is 23.3 Å². The summed E-state index contributed by atoms with van der Waals surface area (Å²) in [7, 11) is 1.79. The number of nitrogens with zero attached hydrogens (tertiary/aromatic N) is 3. The van der Waals surface area contributed by atoms with E-state index in [0.29, 0.717) is 11.0 Å². The lowest BCUT2D eigenvalue weighted by Gasteiger charge is -2.08. The van der Waals surface area contributed by atoms with Gasteiger partial charge in [-0.1, -0.05) is 36.0 Å². The van der Waals surface area contributed by atoms with E-state index in [4.69, 9.17) is 0 Å². The molecule has 30 heavy (non-hydrogen) atoms. The zero-order chi connectivity index (χ0) is 21.5. The van der Waals surface area contributed by atoms with Crippen LogP contribution in [0.1, 0.15) is 11.4 Å². The molecule has 1 aromatic heterocycles. The summed E-state index contributed by atoms with van der Waals surface area (Å²) in [5.74, 6) is 0.449. The molecular weight excluding hydrogens is 418 g/mol. The fourth-order valence-electron chi connectivity index (χ4n) is 2.70. The second kappa shape index (κ2) is 10.3. The van der Waals surface area contributed by atoms with Gasteiger partial charge in [0.1, 0.15) is 5.82 Å². The second-order valence-corrected chi connectivity index (χ2v) is 8.39. The van der Waals surface area contributed by atoms with E-state index in [1.807, 2.05) is 61.7 Å². The summed E-state index contributed by atoms with van der Waals surface area (Å²) >= 11 is 2.90. The van der Waals surface area contributed by atoms with Crippen molar-refractivity contribution in [1.82, 2.24) is 14.8 Å². The second-order valence-electron chi connectivity index (χ2n) is 6.57. The van der Waals surface area contributed by atoms with Gasteiger partial charge < -0.3 is 15.2 Å². The number of aryl methyl sites for hydroxylation is 1. The van der Waals surface area contributed by atoms with Crippen LogP contribution in [0.25, 0.3) is 0 Å². The van der Waals surface area contributed by atoms with E-state index in [0.717, 1.165) is 21.8 Å². The van der Waals surface area contributed by atoms with Crippen molar-refractivity contribution in [1.29, 1.82) is 0 Å². The molecule has 0 fully saturated rings. The minimum absolute atomic E-state index is 0.103. The Morgan fingerprint density at radius 2 is 1.83 bits per heavy atom. The monoisotopic (exact) mass is 441 g/mol. The Labute approximate surface area is 184 Å². The molecule has 3 rings (SSSR count). The van der Waals surface area contributed by atoms with Gasteiger partial charge in [0.25, 0.3) is 0 Å². The fourth-order valence-corrected chi connectivity index (χ4v) is 3.89. The highest BCUT2D eigenvalue weighted by atomic mass is 32.2. The van der Waals surface area contributed by atoms with Crippen LogP contribution in [0.15, 0.2) is 58.6 Å². The molecule has 0 aliphatic carbocycles. The van der Waals surface area contributed by atoms with Crippen molar-refractivity contribution in [2.75, 3.05) is 22.6 Å². The predicted octanol–water partition coefficient (Wildman–Crippen LogP) is 3.76.